The highest BCUT2D eigenvalue weighted by molar-refractivity contribution is 5.58. The van der Waals surface area contributed by atoms with Gasteiger partial charge in [0.2, 0.25) is 17.1 Å². The van der Waals surface area contributed by atoms with E-state index in [1.54, 1.807) is 0 Å². The third-order valence-corrected chi connectivity index (χ3v) is 4.10. The molecule has 118 valence electrons. The summed E-state index contributed by atoms with van der Waals surface area (Å²) in [6.45, 7) is 10.8. The van der Waals surface area contributed by atoms with Gasteiger partial charge in [0.1, 0.15) is 0 Å². The molecule has 0 saturated carbocycles. The molecular formula is C21H24NO+. The Bertz CT molecular complexity index is 823. The van der Waals surface area contributed by atoms with Crippen molar-refractivity contribution in [1.29, 1.82) is 0 Å². The predicted molar refractivity (Wildman–Crippen MR) is 93.9 cm³/mol. The quantitative estimate of drug-likeness (QED) is 0.599. The maximum absolute atomic E-state index is 6.37. The largest absolute Gasteiger partial charge is 0.400 e. The number of aryl methyl sites for hydroxylation is 1. The average molecular weight is 306 g/mol. The zero-order valence-corrected chi connectivity index (χ0v) is 14.6. The number of nitrogens with zero attached hydrogens (tertiary/aromatic N) is 1. The van der Waals surface area contributed by atoms with E-state index >= 15 is 0 Å². The topological polar surface area (TPSA) is 17.0 Å². The number of hydrogen-bond donors (Lipinski definition) is 0. The summed E-state index contributed by atoms with van der Waals surface area (Å²) in [5.41, 5.74) is 4.59. The fourth-order valence-electron chi connectivity index (χ4n) is 2.92. The standard InChI is InChI=1S/C21H24NO/c1-15-11-9-10-14-18(15)22-16(2)19(17-12-7-6-8-13-17)23-20(22)21(3,4)5/h6-14H,1-5H3/q+1. The van der Waals surface area contributed by atoms with Crippen LogP contribution in [0.15, 0.2) is 59.0 Å². The summed E-state index contributed by atoms with van der Waals surface area (Å²) in [5.74, 6) is 1.92. The van der Waals surface area contributed by atoms with Crippen molar-refractivity contribution in [3.63, 3.8) is 0 Å². The van der Waals surface area contributed by atoms with Gasteiger partial charge in [0.25, 0.3) is 0 Å². The predicted octanol–water partition coefficient (Wildman–Crippen LogP) is 5.14. The first-order valence-electron chi connectivity index (χ1n) is 8.07. The smallest absolute Gasteiger partial charge is 0.359 e. The second-order valence-corrected chi connectivity index (χ2v) is 7.06. The van der Waals surface area contributed by atoms with Crippen molar-refractivity contribution in [2.45, 2.75) is 40.0 Å². The van der Waals surface area contributed by atoms with Crippen LogP contribution in [0.25, 0.3) is 17.0 Å². The number of aromatic nitrogens is 1. The lowest BCUT2D eigenvalue weighted by atomic mass is 9.96. The molecule has 0 amide bonds. The van der Waals surface area contributed by atoms with Gasteiger partial charge in [-0.25, -0.2) is 0 Å². The van der Waals surface area contributed by atoms with Gasteiger partial charge in [0, 0.05) is 24.1 Å². The molecule has 0 aliphatic rings. The minimum Gasteiger partial charge on any atom is -0.400 e. The first-order valence-corrected chi connectivity index (χ1v) is 8.07. The minimum atomic E-state index is -0.0833. The van der Waals surface area contributed by atoms with E-state index in [-0.39, 0.29) is 5.41 Å². The maximum atomic E-state index is 6.37. The van der Waals surface area contributed by atoms with E-state index in [1.807, 2.05) is 18.2 Å². The van der Waals surface area contributed by atoms with Gasteiger partial charge in [-0.1, -0.05) is 48.5 Å². The van der Waals surface area contributed by atoms with Crippen molar-refractivity contribution >= 4 is 0 Å². The summed E-state index contributed by atoms with van der Waals surface area (Å²) >= 11 is 0. The number of oxazole rings is 1. The zero-order valence-electron chi connectivity index (χ0n) is 14.6. The molecule has 0 saturated heterocycles. The summed E-state index contributed by atoms with van der Waals surface area (Å²) in [4.78, 5) is 0. The maximum Gasteiger partial charge on any atom is 0.359 e. The van der Waals surface area contributed by atoms with E-state index in [9.17, 15) is 0 Å². The molecule has 0 unspecified atom stereocenters. The van der Waals surface area contributed by atoms with Crippen LogP contribution in [0.3, 0.4) is 0 Å². The summed E-state index contributed by atoms with van der Waals surface area (Å²) in [5, 5.41) is 0. The van der Waals surface area contributed by atoms with Gasteiger partial charge in [-0.3, -0.25) is 0 Å². The van der Waals surface area contributed by atoms with Crippen molar-refractivity contribution in [3.8, 4) is 17.0 Å². The third kappa shape index (κ3) is 2.81. The highest BCUT2D eigenvalue weighted by Crippen LogP contribution is 2.30. The highest BCUT2D eigenvalue weighted by Gasteiger charge is 2.37. The lowest BCUT2D eigenvalue weighted by Crippen LogP contribution is -2.41. The Balaban J connectivity index is 2.31. The van der Waals surface area contributed by atoms with Gasteiger partial charge in [-0.2, -0.15) is 0 Å². The molecule has 0 N–H and O–H groups in total. The second-order valence-electron chi connectivity index (χ2n) is 7.06. The lowest BCUT2D eigenvalue weighted by molar-refractivity contribution is -0.619. The molecule has 1 heterocycles. The van der Waals surface area contributed by atoms with E-state index in [0.717, 1.165) is 22.9 Å². The SMILES string of the molecule is Cc1ccccc1-[n+]1c(C(C)(C)C)oc(-c2ccccc2)c1C. The van der Waals surface area contributed by atoms with Crippen molar-refractivity contribution < 1.29 is 8.98 Å². The molecule has 0 aliphatic heterocycles. The van der Waals surface area contributed by atoms with Crippen molar-refractivity contribution in [3.05, 3.63) is 71.7 Å². The molecule has 2 nitrogen and oxygen atoms in total. The van der Waals surface area contributed by atoms with Crippen LogP contribution in [-0.4, -0.2) is 0 Å². The minimum absolute atomic E-state index is 0.0833. The average Bonchev–Trinajstić information content (AvgIpc) is 2.86. The molecule has 0 aliphatic carbocycles. The first kappa shape index (κ1) is 15.5. The van der Waals surface area contributed by atoms with Crippen LogP contribution in [-0.2, 0) is 5.41 Å². The van der Waals surface area contributed by atoms with Crippen molar-refractivity contribution in [2.75, 3.05) is 0 Å². The van der Waals surface area contributed by atoms with E-state index in [1.165, 1.54) is 11.3 Å². The number of benzene rings is 2. The van der Waals surface area contributed by atoms with Crippen LogP contribution in [0.2, 0.25) is 0 Å². The molecule has 0 bridgehead atoms. The lowest BCUT2D eigenvalue weighted by Gasteiger charge is -2.11. The Kier molecular flexibility index (Phi) is 3.85. The monoisotopic (exact) mass is 306 g/mol. The molecule has 0 spiro atoms. The third-order valence-electron chi connectivity index (χ3n) is 4.10. The molecule has 3 aromatic rings. The Hall–Kier alpha value is -2.35. The van der Waals surface area contributed by atoms with Crippen LogP contribution in [0.1, 0.15) is 37.9 Å². The van der Waals surface area contributed by atoms with Gasteiger partial charge in [0.15, 0.2) is 0 Å². The normalized spacial score (nSPS) is 11.7. The second kappa shape index (κ2) is 5.69. The molecular weight excluding hydrogens is 282 g/mol. The molecule has 0 radical (unpaired) electrons. The zero-order chi connectivity index (χ0) is 16.6. The van der Waals surface area contributed by atoms with E-state index in [0.29, 0.717) is 0 Å². The van der Waals surface area contributed by atoms with Gasteiger partial charge >= 0.3 is 5.89 Å². The summed E-state index contributed by atoms with van der Waals surface area (Å²) in [6, 6.07) is 18.8. The molecule has 0 atom stereocenters. The Morgan fingerprint density at radius 1 is 0.826 bits per heavy atom. The molecule has 2 aromatic carbocycles. The van der Waals surface area contributed by atoms with Crippen molar-refractivity contribution in [1.82, 2.24) is 0 Å². The molecule has 0 fully saturated rings. The number of para-hydroxylation sites is 1. The first-order chi connectivity index (χ1) is 10.9. The number of hydrogen-bond acceptors (Lipinski definition) is 1. The van der Waals surface area contributed by atoms with Gasteiger partial charge in [-0.05, 0) is 27.7 Å². The summed E-state index contributed by atoms with van der Waals surface area (Å²) in [7, 11) is 0. The van der Waals surface area contributed by atoms with Gasteiger partial charge < -0.3 is 4.42 Å². The van der Waals surface area contributed by atoms with Crippen LogP contribution in [0.5, 0.6) is 0 Å². The summed E-state index contributed by atoms with van der Waals surface area (Å²) < 4.78 is 8.63. The molecule has 2 heteroatoms. The van der Waals surface area contributed by atoms with Crippen LogP contribution in [0.4, 0.5) is 0 Å². The van der Waals surface area contributed by atoms with Crippen LogP contribution < -0.4 is 4.57 Å². The van der Waals surface area contributed by atoms with E-state index in [2.05, 4.69) is 75.6 Å². The Labute approximate surface area is 138 Å². The van der Waals surface area contributed by atoms with Crippen LogP contribution in [0, 0.1) is 13.8 Å². The highest BCUT2D eigenvalue weighted by atomic mass is 16.4. The molecule has 3 rings (SSSR count). The summed E-state index contributed by atoms with van der Waals surface area (Å²) in [6.07, 6.45) is 0. The van der Waals surface area contributed by atoms with Crippen LogP contribution >= 0.6 is 0 Å². The van der Waals surface area contributed by atoms with Gasteiger partial charge in [-0.15, -0.1) is 4.57 Å². The Morgan fingerprint density at radius 3 is 2.04 bits per heavy atom. The molecule has 23 heavy (non-hydrogen) atoms. The number of rotatable bonds is 2. The van der Waals surface area contributed by atoms with E-state index in [4.69, 9.17) is 4.42 Å². The fourth-order valence-corrected chi connectivity index (χ4v) is 2.92. The van der Waals surface area contributed by atoms with E-state index < -0.39 is 0 Å². The van der Waals surface area contributed by atoms with Gasteiger partial charge in [0.05, 0.1) is 5.41 Å². The fraction of sp³-hybridized carbons (Fsp3) is 0.286. The Morgan fingerprint density at radius 2 is 1.43 bits per heavy atom. The van der Waals surface area contributed by atoms with Crippen molar-refractivity contribution in [2.24, 2.45) is 0 Å². The molecule has 1 aromatic heterocycles.